The minimum absolute atomic E-state index is 0.148. The Bertz CT molecular complexity index is 1350. The quantitative estimate of drug-likeness (QED) is 0.443. The molecule has 4 aromatic rings. The first-order chi connectivity index (χ1) is 16.2. The van der Waals surface area contributed by atoms with Crippen LogP contribution in [0.25, 0.3) is 11.1 Å². The third-order valence-electron chi connectivity index (χ3n) is 5.80. The second-order valence-electron chi connectivity index (χ2n) is 7.80. The Morgan fingerprint density at radius 3 is 2.30 bits per heavy atom. The van der Waals surface area contributed by atoms with Crippen LogP contribution in [0.4, 0.5) is 11.4 Å². The number of ether oxygens (including phenoxy) is 1. The van der Waals surface area contributed by atoms with Crippen molar-refractivity contribution < 1.29 is 14.3 Å². The highest BCUT2D eigenvalue weighted by molar-refractivity contribution is 6.11. The average molecular weight is 434 g/mol. The van der Waals surface area contributed by atoms with E-state index in [1.54, 1.807) is 23.1 Å². The van der Waals surface area contributed by atoms with Gasteiger partial charge in [0.15, 0.2) is 0 Å². The van der Waals surface area contributed by atoms with E-state index in [1.165, 1.54) is 7.11 Å². The zero-order chi connectivity index (χ0) is 22.8. The molecule has 0 bridgehead atoms. The van der Waals surface area contributed by atoms with Crippen molar-refractivity contribution in [1.29, 1.82) is 0 Å². The van der Waals surface area contributed by atoms with Crippen LogP contribution in [-0.2, 0) is 6.54 Å². The molecule has 0 aliphatic carbocycles. The molecule has 1 N–H and O–H groups in total. The Kier molecular flexibility index (Phi) is 5.37. The number of anilines is 2. The lowest BCUT2D eigenvalue weighted by molar-refractivity contribution is 0.0980. The number of methoxy groups -OCH3 is 1. The van der Waals surface area contributed by atoms with Crippen molar-refractivity contribution in [1.82, 2.24) is 0 Å². The lowest BCUT2D eigenvalue weighted by atomic mass is 9.93. The normalized spacial score (nSPS) is 11.8. The maximum atomic E-state index is 13.6. The molecule has 4 aromatic carbocycles. The summed E-state index contributed by atoms with van der Waals surface area (Å²) in [5.41, 5.74) is 5.63. The predicted molar refractivity (Wildman–Crippen MR) is 130 cm³/mol. The van der Waals surface area contributed by atoms with Gasteiger partial charge in [-0.2, -0.15) is 0 Å². The Hall–Kier alpha value is -4.38. The number of nitrogens with one attached hydrogen (secondary N) is 1. The van der Waals surface area contributed by atoms with E-state index in [1.807, 2.05) is 72.8 Å². The highest BCUT2D eigenvalue weighted by atomic mass is 16.5. The van der Waals surface area contributed by atoms with Gasteiger partial charge in [0.2, 0.25) is 0 Å². The summed E-state index contributed by atoms with van der Waals surface area (Å²) in [6.07, 6.45) is 0. The summed E-state index contributed by atoms with van der Waals surface area (Å²) < 4.78 is 5.48. The SMILES string of the molecule is COc1cc(C(=O)N2Cc3ccccc3-c3ccccc32)ccc1C(=O)Nc1ccccc1. The first-order valence-electron chi connectivity index (χ1n) is 10.7. The van der Waals surface area contributed by atoms with E-state index in [0.29, 0.717) is 29.1 Å². The minimum Gasteiger partial charge on any atom is -0.496 e. The molecule has 0 aromatic heterocycles. The Morgan fingerprint density at radius 1 is 0.818 bits per heavy atom. The van der Waals surface area contributed by atoms with Crippen molar-refractivity contribution in [3.8, 4) is 16.9 Å². The average Bonchev–Trinajstić information content (AvgIpc) is 2.88. The van der Waals surface area contributed by atoms with E-state index in [4.69, 9.17) is 4.74 Å². The molecule has 0 saturated carbocycles. The molecular weight excluding hydrogens is 412 g/mol. The molecule has 162 valence electrons. The summed E-state index contributed by atoms with van der Waals surface area (Å²) in [4.78, 5) is 28.1. The van der Waals surface area contributed by atoms with Gasteiger partial charge < -0.3 is 15.0 Å². The fourth-order valence-corrected chi connectivity index (χ4v) is 4.18. The number of rotatable bonds is 4. The number of carbonyl (C=O) groups is 2. The van der Waals surface area contributed by atoms with Gasteiger partial charge in [0.25, 0.3) is 11.8 Å². The maximum Gasteiger partial charge on any atom is 0.259 e. The minimum atomic E-state index is -0.297. The Balaban J connectivity index is 1.46. The zero-order valence-electron chi connectivity index (χ0n) is 18.1. The van der Waals surface area contributed by atoms with Crippen molar-refractivity contribution in [3.63, 3.8) is 0 Å². The molecule has 5 heteroatoms. The van der Waals surface area contributed by atoms with Gasteiger partial charge in [0.1, 0.15) is 5.75 Å². The van der Waals surface area contributed by atoms with E-state index >= 15 is 0 Å². The van der Waals surface area contributed by atoms with Crippen LogP contribution in [0.15, 0.2) is 97.1 Å². The summed E-state index contributed by atoms with van der Waals surface area (Å²) in [6.45, 7) is 0.477. The highest BCUT2D eigenvalue weighted by Gasteiger charge is 2.27. The number of hydrogen-bond acceptors (Lipinski definition) is 3. The number of benzene rings is 4. The standard InChI is InChI=1S/C28H22N2O3/c1-33-26-17-19(15-16-24(26)27(31)29-21-10-3-2-4-11-21)28(32)30-18-20-9-5-6-12-22(20)23-13-7-8-14-25(23)30/h2-17H,18H2,1H3,(H,29,31). The fourth-order valence-electron chi connectivity index (χ4n) is 4.18. The summed E-state index contributed by atoms with van der Waals surface area (Å²) in [6, 6.07) is 30.2. The van der Waals surface area contributed by atoms with Crippen LogP contribution in [0.1, 0.15) is 26.3 Å². The lowest BCUT2D eigenvalue weighted by Gasteiger charge is -2.31. The van der Waals surface area contributed by atoms with E-state index in [2.05, 4.69) is 11.4 Å². The molecule has 0 fully saturated rings. The maximum absolute atomic E-state index is 13.6. The van der Waals surface area contributed by atoms with Gasteiger partial charge in [-0.15, -0.1) is 0 Å². The molecule has 1 aliphatic rings. The van der Waals surface area contributed by atoms with Crippen LogP contribution >= 0.6 is 0 Å². The number of fused-ring (bicyclic) bond motifs is 3. The van der Waals surface area contributed by atoms with Gasteiger partial charge >= 0.3 is 0 Å². The van der Waals surface area contributed by atoms with Crippen LogP contribution in [-0.4, -0.2) is 18.9 Å². The van der Waals surface area contributed by atoms with Gasteiger partial charge in [-0.25, -0.2) is 0 Å². The summed E-state index contributed by atoms with van der Waals surface area (Å²) in [5, 5.41) is 2.85. The van der Waals surface area contributed by atoms with E-state index in [0.717, 1.165) is 22.4 Å². The smallest absolute Gasteiger partial charge is 0.259 e. The van der Waals surface area contributed by atoms with Crippen molar-refractivity contribution in [2.45, 2.75) is 6.54 Å². The van der Waals surface area contributed by atoms with Gasteiger partial charge in [-0.1, -0.05) is 60.7 Å². The fraction of sp³-hybridized carbons (Fsp3) is 0.0714. The molecule has 0 radical (unpaired) electrons. The number of nitrogens with zero attached hydrogens (tertiary/aromatic N) is 1. The third-order valence-corrected chi connectivity index (χ3v) is 5.80. The van der Waals surface area contributed by atoms with Gasteiger partial charge in [0.05, 0.1) is 24.9 Å². The highest BCUT2D eigenvalue weighted by Crippen LogP contribution is 2.39. The van der Waals surface area contributed by atoms with Crippen molar-refractivity contribution in [2.24, 2.45) is 0 Å². The van der Waals surface area contributed by atoms with Crippen LogP contribution in [0.5, 0.6) is 5.75 Å². The number of carbonyl (C=O) groups excluding carboxylic acids is 2. The van der Waals surface area contributed by atoms with Gasteiger partial charge in [-0.05, 0) is 47.5 Å². The van der Waals surface area contributed by atoms with E-state index < -0.39 is 0 Å². The predicted octanol–water partition coefficient (Wildman–Crippen LogP) is 5.77. The summed E-state index contributed by atoms with van der Waals surface area (Å²) in [5.74, 6) is -0.0976. The molecule has 0 spiro atoms. The molecular formula is C28H22N2O3. The Labute approximate surface area is 192 Å². The second-order valence-corrected chi connectivity index (χ2v) is 7.80. The molecule has 5 nitrogen and oxygen atoms in total. The van der Waals surface area contributed by atoms with E-state index in [9.17, 15) is 9.59 Å². The van der Waals surface area contributed by atoms with Crippen LogP contribution < -0.4 is 15.0 Å². The largest absolute Gasteiger partial charge is 0.496 e. The lowest BCUT2D eigenvalue weighted by Crippen LogP contribution is -2.33. The molecule has 0 saturated heterocycles. The molecule has 1 heterocycles. The topological polar surface area (TPSA) is 58.6 Å². The number of hydrogen-bond donors (Lipinski definition) is 1. The summed E-state index contributed by atoms with van der Waals surface area (Å²) >= 11 is 0. The molecule has 5 rings (SSSR count). The van der Waals surface area contributed by atoms with Crippen LogP contribution in [0.2, 0.25) is 0 Å². The van der Waals surface area contributed by atoms with Crippen molar-refractivity contribution >= 4 is 23.2 Å². The first-order valence-corrected chi connectivity index (χ1v) is 10.7. The van der Waals surface area contributed by atoms with Crippen LogP contribution in [0.3, 0.4) is 0 Å². The third kappa shape index (κ3) is 3.85. The monoisotopic (exact) mass is 434 g/mol. The van der Waals surface area contributed by atoms with Crippen LogP contribution in [0, 0.1) is 0 Å². The van der Waals surface area contributed by atoms with Crippen molar-refractivity contribution in [3.05, 3.63) is 114 Å². The van der Waals surface area contributed by atoms with E-state index in [-0.39, 0.29) is 11.8 Å². The molecule has 33 heavy (non-hydrogen) atoms. The molecule has 0 atom stereocenters. The number of amides is 2. The second kappa shape index (κ2) is 8.63. The van der Waals surface area contributed by atoms with Crippen molar-refractivity contribution in [2.75, 3.05) is 17.3 Å². The summed E-state index contributed by atoms with van der Waals surface area (Å²) in [7, 11) is 1.50. The number of para-hydroxylation sites is 2. The molecule has 2 amide bonds. The first kappa shape index (κ1) is 20.5. The molecule has 1 aliphatic heterocycles. The van der Waals surface area contributed by atoms with Gasteiger partial charge in [0, 0.05) is 16.8 Å². The Morgan fingerprint density at radius 2 is 1.52 bits per heavy atom. The van der Waals surface area contributed by atoms with Gasteiger partial charge in [-0.3, -0.25) is 9.59 Å². The molecule has 0 unspecified atom stereocenters. The zero-order valence-corrected chi connectivity index (χ0v) is 18.1.